The van der Waals surface area contributed by atoms with Gasteiger partial charge in [-0.3, -0.25) is 0 Å². The lowest BCUT2D eigenvalue weighted by molar-refractivity contribution is 0.0499. The summed E-state index contributed by atoms with van der Waals surface area (Å²) in [6, 6.07) is 0.259. The minimum absolute atomic E-state index is 0.259. The molecule has 1 heterocycles. The Morgan fingerprint density at radius 3 is 2.68 bits per heavy atom. The van der Waals surface area contributed by atoms with Crippen molar-refractivity contribution in [2.75, 3.05) is 6.61 Å². The second kappa shape index (κ2) is 6.17. The van der Waals surface area contributed by atoms with Gasteiger partial charge in [0.1, 0.15) is 5.82 Å². The predicted octanol–water partition coefficient (Wildman–Crippen LogP) is 2.90. The van der Waals surface area contributed by atoms with Crippen LogP contribution in [-0.4, -0.2) is 27.3 Å². The zero-order chi connectivity index (χ0) is 13.8. The molecule has 1 atom stereocenters. The van der Waals surface area contributed by atoms with Crippen molar-refractivity contribution in [3.05, 3.63) is 11.6 Å². The molecule has 0 spiro atoms. The number of ether oxygens (including phenoxy) is 1. The van der Waals surface area contributed by atoms with Crippen LogP contribution in [0.15, 0.2) is 0 Å². The van der Waals surface area contributed by atoms with E-state index in [0.717, 1.165) is 5.82 Å². The average Bonchev–Trinajstić information content (AvgIpc) is 2.81. The molecule has 5 heteroatoms. The van der Waals surface area contributed by atoms with E-state index in [1.54, 1.807) is 6.92 Å². The van der Waals surface area contributed by atoms with Gasteiger partial charge < -0.3 is 9.30 Å². The van der Waals surface area contributed by atoms with Crippen molar-refractivity contribution in [2.45, 2.75) is 58.9 Å². The standard InChI is InChI=1S/C14H23N3O2/c1-4-19-14(18)13-16-15-11(3)17(13)10(2)12-8-6-5-7-9-12/h10,12H,4-9H2,1-3H3. The molecule has 1 aromatic rings. The van der Waals surface area contributed by atoms with Crippen molar-refractivity contribution in [3.63, 3.8) is 0 Å². The van der Waals surface area contributed by atoms with Crippen molar-refractivity contribution in [2.24, 2.45) is 5.92 Å². The minimum atomic E-state index is -0.370. The summed E-state index contributed by atoms with van der Waals surface area (Å²) in [4.78, 5) is 11.9. The molecule has 0 bridgehead atoms. The van der Waals surface area contributed by atoms with Crippen molar-refractivity contribution in [3.8, 4) is 0 Å². The summed E-state index contributed by atoms with van der Waals surface area (Å²) >= 11 is 0. The minimum Gasteiger partial charge on any atom is -0.460 e. The fourth-order valence-electron chi connectivity index (χ4n) is 3.02. The van der Waals surface area contributed by atoms with E-state index in [4.69, 9.17) is 4.74 Å². The summed E-state index contributed by atoms with van der Waals surface area (Å²) in [7, 11) is 0. The van der Waals surface area contributed by atoms with Gasteiger partial charge in [0.25, 0.3) is 0 Å². The summed E-state index contributed by atoms with van der Waals surface area (Å²) in [6.07, 6.45) is 6.34. The lowest BCUT2D eigenvalue weighted by atomic mass is 9.84. The van der Waals surface area contributed by atoms with Crippen LogP contribution >= 0.6 is 0 Å². The van der Waals surface area contributed by atoms with Crippen LogP contribution in [-0.2, 0) is 4.74 Å². The zero-order valence-electron chi connectivity index (χ0n) is 12.1. The molecule has 1 fully saturated rings. The van der Waals surface area contributed by atoms with Gasteiger partial charge in [0.15, 0.2) is 0 Å². The van der Waals surface area contributed by atoms with Crippen LogP contribution in [0.4, 0.5) is 0 Å². The smallest absolute Gasteiger partial charge is 0.376 e. The van der Waals surface area contributed by atoms with Crippen molar-refractivity contribution in [1.82, 2.24) is 14.8 Å². The molecule has 1 unspecified atom stereocenters. The highest BCUT2D eigenvalue weighted by Crippen LogP contribution is 2.33. The highest BCUT2D eigenvalue weighted by Gasteiger charge is 2.27. The largest absolute Gasteiger partial charge is 0.460 e. The van der Waals surface area contributed by atoms with Gasteiger partial charge in [-0.05, 0) is 39.5 Å². The van der Waals surface area contributed by atoms with Crippen LogP contribution in [0.3, 0.4) is 0 Å². The van der Waals surface area contributed by atoms with Crippen molar-refractivity contribution in [1.29, 1.82) is 0 Å². The van der Waals surface area contributed by atoms with E-state index in [1.807, 2.05) is 11.5 Å². The van der Waals surface area contributed by atoms with Gasteiger partial charge in [-0.1, -0.05) is 19.3 Å². The highest BCUT2D eigenvalue weighted by molar-refractivity contribution is 5.85. The van der Waals surface area contributed by atoms with E-state index < -0.39 is 0 Å². The third-order valence-electron chi connectivity index (χ3n) is 4.06. The Bertz CT molecular complexity index is 436. The molecule has 0 amide bonds. The topological polar surface area (TPSA) is 57.0 Å². The van der Waals surface area contributed by atoms with Crippen LogP contribution < -0.4 is 0 Å². The first-order chi connectivity index (χ1) is 9.15. The molecule has 2 rings (SSSR count). The summed E-state index contributed by atoms with van der Waals surface area (Å²) in [6.45, 7) is 6.22. The Kier molecular flexibility index (Phi) is 4.56. The Morgan fingerprint density at radius 1 is 1.37 bits per heavy atom. The Hall–Kier alpha value is -1.39. The van der Waals surface area contributed by atoms with E-state index in [0.29, 0.717) is 18.3 Å². The van der Waals surface area contributed by atoms with Gasteiger partial charge in [-0.25, -0.2) is 4.79 Å². The molecule has 5 nitrogen and oxygen atoms in total. The monoisotopic (exact) mass is 265 g/mol. The number of hydrogen-bond donors (Lipinski definition) is 0. The first-order valence-corrected chi connectivity index (χ1v) is 7.23. The second-order valence-electron chi connectivity index (χ2n) is 5.30. The molecule has 0 aliphatic heterocycles. The number of aromatic nitrogens is 3. The summed E-state index contributed by atoms with van der Waals surface area (Å²) < 4.78 is 7.01. The molecule has 0 radical (unpaired) electrons. The van der Waals surface area contributed by atoms with Crippen LogP contribution in [0, 0.1) is 12.8 Å². The van der Waals surface area contributed by atoms with Gasteiger partial charge in [0.2, 0.25) is 5.82 Å². The van der Waals surface area contributed by atoms with Gasteiger partial charge in [0.05, 0.1) is 6.61 Å². The second-order valence-corrected chi connectivity index (χ2v) is 5.30. The zero-order valence-corrected chi connectivity index (χ0v) is 12.1. The fourth-order valence-corrected chi connectivity index (χ4v) is 3.02. The molecule has 1 aliphatic carbocycles. The SMILES string of the molecule is CCOC(=O)c1nnc(C)n1C(C)C1CCCCC1. The number of rotatable bonds is 4. The summed E-state index contributed by atoms with van der Waals surface area (Å²) in [5, 5.41) is 8.04. The van der Waals surface area contributed by atoms with Crippen molar-refractivity contribution < 1.29 is 9.53 Å². The molecular formula is C14H23N3O2. The molecule has 106 valence electrons. The Balaban J connectivity index is 2.22. The third kappa shape index (κ3) is 2.96. The molecule has 1 aromatic heterocycles. The van der Waals surface area contributed by atoms with Crippen LogP contribution in [0.5, 0.6) is 0 Å². The number of carbonyl (C=O) groups excluding carboxylic acids is 1. The first kappa shape index (κ1) is 14.0. The van der Waals surface area contributed by atoms with E-state index in [2.05, 4.69) is 17.1 Å². The van der Waals surface area contributed by atoms with Crippen LogP contribution in [0.1, 0.15) is 68.4 Å². The maximum Gasteiger partial charge on any atom is 0.376 e. The lowest BCUT2D eigenvalue weighted by Gasteiger charge is -2.29. The lowest BCUT2D eigenvalue weighted by Crippen LogP contribution is -2.24. The molecule has 0 saturated heterocycles. The van der Waals surface area contributed by atoms with Crippen LogP contribution in [0.25, 0.3) is 0 Å². The van der Waals surface area contributed by atoms with Crippen molar-refractivity contribution >= 4 is 5.97 Å². The predicted molar refractivity (Wildman–Crippen MR) is 72.0 cm³/mol. The first-order valence-electron chi connectivity index (χ1n) is 7.23. The maximum atomic E-state index is 11.9. The normalized spacial score (nSPS) is 18.3. The quantitative estimate of drug-likeness (QED) is 0.785. The van der Waals surface area contributed by atoms with E-state index in [1.165, 1.54) is 32.1 Å². The number of hydrogen-bond acceptors (Lipinski definition) is 4. The van der Waals surface area contributed by atoms with E-state index in [-0.39, 0.29) is 12.0 Å². The van der Waals surface area contributed by atoms with Gasteiger partial charge in [-0.15, -0.1) is 10.2 Å². The molecule has 1 aliphatic rings. The molecular weight excluding hydrogens is 242 g/mol. The molecule has 0 N–H and O–H groups in total. The van der Waals surface area contributed by atoms with E-state index in [9.17, 15) is 4.79 Å². The third-order valence-corrected chi connectivity index (χ3v) is 4.06. The molecule has 1 saturated carbocycles. The molecule has 19 heavy (non-hydrogen) atoms. The number of nitrogens with zero attached hydrogens (tertiary/aromatic N) is 3. The summed E-state index contributed by atoms with van der Waals surface area (Å²) in [5.41, 5.74) is 0. The Labute approximate surface area is 114 Å². The Morgan fingerprint density at radius 2 is 2.05 bits per heavy atom. The number of esters is 1. The van der Waals surface area contributed by atoms with E-state index >= 15 is 0 Å². The van der Waals surface area contributed by atoms with Crippen LogP contribution in [0.2, 0.25) is 0 Å². The highest BCUT2D eigenvalue weighted by atomic mass is 16.5. The maximum absolute atomic E-state index is 11.9. The number of aryl methyl sites for hydroxylation is 1. The molecule has 0 aromatic carbocycles. The average molecular weight is 265 g/mol. The number of carbonyl (C=O) groups is 1. The fraction of sp³-hybridized carbons (Fsp3) is 0.786. The van der Waals surface area contributed by atoms with Gasteiger partial charge in [-0.2, -0.15) is 0 Å². The summed E-state index contributed by atoms with van der Waals surface area (Å²) in [5.74, 6) is 1.38. The van der Waals surface area contributed by atoms with Gasteiger partial charge in [0, 0.05) is 6.04 Å². The van der Waals surface area contributed by atoms with Gasteiger partial charge >= 0.3 is 5.97 Å².